The largest absolute Gasteiger partial charge is 0.493 e. The van der Waals surface area contributed by atoms with Crippen LogP contribution in [0.2, 0.25) is 0 Å². The Morgan fingerprint density at radius 1 is 1.29 bits per heavy atom. The molecule has 3 heteroatoms. The quantitative estimate of drug-likeness (QED) is 0.866. The monoisotopic (exact) mass is 230 g/mol. The number of aromatic nitrogens is 1. The first-order chi connectivity index (χ1) is 8.38. The van der Waals surface area contributed by atoms with Crippen LogP contribution >= 0.6 is 0 Å². The summed E-state index contributed by atoms with van der Waals surface area (Å²) in [6.45, 7) is 0. The second-order valence-corrected chi connectivity index (χ2v) is 5.71. The highest BCUT2D eigenvalue weighted by Gasteiger charge is 2.65. The van der Waals surface area contributed by atoms with Crippen LogP contribution in [0.5, 0.6) is 5.75 Å². The number of nitrogens with one attached hydrogen (secondary N) is 1. The van der Waals surface area contributed by atoms with Crippen molar-refractivity contribution in [2.75, 3.05) is 12.4 Å². The number of fused-ring (bicyclic) bond motifs is 5. The van der Waals surface area contributed by atoms with Gasteiger partial charge in [-0.1, -0.05) is 0 Å². The van der Waals surface area contributed by atoms with E-state index in [9.17, 15) is 0 Å². The van der Waals surface area contributed by atoms with Gasteiger partial charge in [0.05, 0.1) is 7.11 Å². The first-order valence-electron chi connectivity index (χ1n) is 6.64. The van der Waals surface area contributed by atoms with Crippen LogP contribution in [0.1, 0.15) is 19.3 Å². The summed E-state index contributed by atoms with van der Waals surface area (Å²) in [5.41, 5.74) is 0. The van der Waals surface area contributed by atoms with Gasteiger partial charge in [0.25, 0.3) is 0 Å². The molecule has 0 saturated heterocycles. The summed E-state index contributed by atoms with van der Waals surface area (Å²) in [4.78, 5) is 4.39. The van der Waals surface area contributed by atoms with Gasteiger partial charge in [0, 0.05) is 12.2 Å². The number of nitrogens with zero attached hydrogens (tertiary/aromatic N) is 1. The summed E-state index contributed by atoms with van der Waals surface area (Å²) in [5.74, 6) is 5.65. The van der Waals surface area contributed by atoms with Crippen molar-refractivity contribution in [1.82, 2.24) is 4.98 Å². The van der Waals surface area contributed by atoms with Crippen LogP contribution in [-0.4, -0.2) is 18.1 Å². The van der Waals surface area contributed by atoms with Crippen LogP contribution < -0.4 is 10.1 Å². The molecule has 4 atom stereocenters. The molecule has 0 radical (unpaired) electrons. The van der Waals surface area contributed by atoms with Gasteiger partial charge < -0.3 is 10.1 Å². The van der Waals surface area contributed by atoms with Crippen molar-refractivity contribution in [2.24, 2.45) is 23.7 Å². The number of anilines is 1. The highest BCUT2D eigenvalue weighted by molar-refractivity contribution is 5.52. The predicted octanol–water partition coefficient (Wildman–Crippen LogP) is 2.55. The molecule has 3 nitrogen and oxygen atoms in total. The number of rotatable bonds is 3. The molecule has 0 aromatic carbocycles. The van der Waals surface area contributed by atoms with E-state index in [0.717, 1.165) is 35.2 Å². The minimum Gasteiger partial charge on any atom is -0.493 e. The van der Waals surface area contributed by atoms with Crippen molar-refractivity contribution in [2.45, 2.75) is 25.3 Å². The summed E-state index contributed by atoms with van der Waals surface area (Å²) < 4.78 is 5.34. The fourth-order valence-electron chi connectivity index (χ4n) is 4.34. The highest BCUT2D eigenvalue weighted by atomic mass is 16.5. The third kappa shape index (κ3) is 1.31. The Hall–Kier alpha value is -1.25. The molecule has 4 rings (SSSR count). The van der Waals surface area contributed by atoms with Gasteiger partial charge in [0.15, 0.2) is 11.6 Å². The molecule has 0 spiro atoms. The van der Waals surface area contributed by atoms with E-state index < -0.39 is 0 Å². The van der Waals surface area contributed by atoms with Gasteiger partial charge in [0.1, 0.15) is 0 Å². The van der Waals surface area contributed by atoms with E-state index in [-0.39, 0.29) is 0 Å². The van der Waals surface area contributed by atoms with Gasteiger partial charge in [0.2, 0.25) is 0 Å². The van der Waals surface area contributed by atoms with Crippen molar-refractivity contribution >= 4 is 5.82 Å². The maximum Gasteiger partial charge on any atom is 0.168 e. The van der Waals surface area contributed by atoms with E-state index in [2.05, 4.69) is 10.3 Å². The first kappa shape index (κ1) is 9.75. The van der Waals surface area contributed by atoms with E-state index in [1.165, 1.54) is 19.3 Å². The summed E-state index contributed by atoms with van der Waals surface area (Å²) in [6.07, 6.45) is 6.25. The molecule has 90 valence electrons. The van der Waals surface area contributed by atoms with Crippen LogP contribution in [0, 0.1) is 23.7 Å². The molecule has 3 aliphatic carbocycles. The molecular weight excluding hydrogens is 212 g/mol. The molecule has 1 N–H and O–H groups in total. The van der Waals surface area contributed by atoms with Gasteiger partial charge in [-0.2, -0.15) is 0 Å². The van der Waals surface area contributed by atoms with Crippen molar-refractivity contribution in [3.05, 3.63) is 18.3 Å². The average Bonchev–Trinajstić information content (AvgIpc) is 2.77. The van der Waals surface area contributed by atoms with E-state index in [1.54, 1.807) is 7.11 Å². The normalized spacial score (nSPS) is 41.1. The molecule has 0 amide bonds. The van der Waals surface area contributed by atoms with E-state index in [0.29, 0.717) is 6.04 Å². The molecule has 1 aromatic heterocycles. The molecule has 1 heterocycles. The lowest BCUT2D eigenvalue weighted by atomic mass is 10.0. The van der Waals surface area contributed by atoms with Crippen molar-refractivity contribution in [3.8, 4) is 5.75 Å². The second-order valence-electron chi connectivity index (χ2n) is 5.71. The Balaban J connectivity index is 1.52. The summed E-state index contributed by atoms with van der Waals surface area (Å²) in [7, 11) is 1.71. The van der Waals surface area contributed by atoms with Crippen molar-refractivity contribution in [3.63, 3.8) is 0 Å². The standard InChI is InChI=1S/C14H18N2O/c1-17-10-3-2-6-15-14(10)16-13-11-8-4-5-9(7-8)12(11)13/h2-3,6,8-9,11-13H,4-5,7H2,1H3,(H,15,16). The number of hydrogen-bond donors (Lipinski definition) is 1. The van der Waals surface area contributed by atoms with Crippen LogP contribution in [-0.2, 0) is 0 Å². The minimum absolute atomic E-state index is 0.671. The maximum atomic E-state index is 5.34. The van der Waals surface area contributed by atoms with Crippen molar-refractivity contribution < 1.29 is 4.74 Å². The van der Waals surface area contributed by atoms with E-state index in [4.69, 9.17) is 4.74 Å². The minimum atomic E-state index is 0.671. The lowest BCUT2D eigenvalue weighted by molar-refractivity contribution is 0.414. The van der Waals surface area contributed by atoms with Gasteiger partial charge in [-0.25, -0.2) is 4.98 Å². The fourth-order valence-corrected chi connectivity index (χ4v) is 4.34. The molecule has 0 aliphatic heterocycles. The summed E-state index contributed by atoms with van der Waals surface area (Å²) >= 11 is 0. The third-order valence-electron chi connectivity index (χ3n) is 5.03. The van der Waals surface area contributed by atoms with Crippen LogP contribution in [0.3, 0.4) is 0 Å². The molecule has 3 saturated carbocycles. The Bertz CT molecular complexity index is 432. The SMILES string of the molecule is COc1cccnc1NC1C2C3CCC(C3)C12. The third-order valence-corrected chi connectivity index (χ3v) is 5.03. The summed E-state index contributed by atoms with van der Waals surface area (Å²) in [6, 6.07) is 4.56. The van der Waals surface area contributed by atoms with E-state index in [1.807, 2.05) is 18.3 Å². The maximum absolute atomic E-state index is 5.34. The van der Waals surface area contributed by atoms with Gasteiger partial charge in [-0.15, -0.1) is 0 Å². The molecule has 2 bridgehead atoms. The molecule has 3 aliphatic rings. The van der Waals surface area contributed by atoms with Crippen LogP contribution in [0.25, 0.3) is 0 Å². The second kappa shape index (κ2) is 3.37. The zero-order valence-electron chi connectivity index (χ0n) is 10.1. The Morgan fingerprint density at radius 2 is 2.06 bits per heavy atom. The Kier molecular flexibility index (Phi) is 1.93. The lowest BCUT2D eigenvalue weighted by Crippen LogP contribution is -2.14. The average molecular weight is 230 g/mol. The fraction of sp³-hybridized carbons (Fsp3) is 0.643. The molecular formula is C14H18N2O. The zero-order valence-corrected chi connectivity index (χ0v) is 10.1. The Labute approximate surface area is 102 Å². The topological polar surface area (TPSA) is 34.1 Å². The number of pyridine rings is 1. The van der Waals surface area contributed by atoms with Crippen molar-refractivity contribution in [1.29, 1.82) is 0 Å². The predicted molar refractivity (Wildman–Crippen MR) is 66.0 cm³/mol. The molecule has 3 fully saturated rings. The molecule has 4 unspecified atom stereocenters. The number of methoxy groups -OCH3 is 1. The first-order valence-corrected chi connectivity index (χ1v) is 6.64. The molecule has 17 heavy (non-hydrogen) atoms. The highest BCUT2D eigenvalue weighted by Crippen LogP contribution is 2.66. The molecule has 1 aromatic rings. The summed E-state index contributed by atoms with van der Waals surface area (Å²) in [5, 5.41) is 3.60. The number of ether oxygens (including phenoxy) is 1. The van der Waals surface area contributed by atoms with Gasteiger partial charge in [-0.05, 0) is 55.1 Å². The van der Waals surface area contributed by atoms with E-state index >= 15 is 0 Å². The smallest absolute Gasteiger partial charge is 0.168 e. The Morgan fingerprint density at radius 3 is 2.76 bits per heavy atom. The van der Waals surface area contributed by atoms with Gasteiger partial charge in [-0.3, -0.25) is 0 Å². The van der Waals surface area contributed by atoms with Gasteiger partial charge >= 0.3 is 0 Å². The lowest BCUT2D eigenvalue weighted by Gasteiger charge is -2.13. The van der Waals surface area contributed by atoms with Crippen LogP contribution in [0.15, 0.2) is 18.3 Å². The van der Waals surface area contributed by atoms with Crippen LogP contribution in [0.4, 0.5) is 5.82 Å². The number of hydrogen-bond acceptors (Lipinski definition) is 3. The zero-order chi connectivity index (χ0) is 11.4.